The molecule has 18 heavy (non-hydrogen) atoms. The van der Waals surface area contributed by atoms with Crippen molar-refractivity contribution in [1.29, 1.82) is 5.26 Å². The Bertz CT molecular complexity index is 454. The Morgan fingerprint density at radius 2 is 1.94 bits per heavy atom. The van der Waals surface area contributed by atoms with Gasteiger partial charge in [-0.05, 0) is 56.9 Å². The van der Waals surface area contributed by atoms with Crippen molar-refractivity contribution < 1.29 is 4.74 Å². The van der Waals surface area contributed by atoms with Crippen molar-refractivity contribution in [2.45, 2.75) is 45.2 Å². The maximum atomic E-state index is 9.26. The summed E-state index contributed by atoms with van der Waals surface area (Å²) < 4.78 is 5.77. The number of ether oxygens (including phenoxy) is 1. The van der Waals surface area contributed by atoms with E-state index < -0.39 is 5.54 Å². The van der Waals surface area contributed by atoms with E-state index >= 15 is 0 Å². The van der Waals surface area contributed by atoms with E-state index in [4.69, 9.17) is 4.74 Å². The highest BCUT2D eigenvalue weighted by molar-refractivity contribution is 5.33. The molecule has 0 saturated heterocycles. The molecule has 3 nitrogen and oxygen atoms in total. The number of nitriles is 1. The molecule has 1 aliphatic carbocycles. The fourth-order valence-corrected chi connectivity index (χ4v) is 2.03. The topological polar surface area (TPSA) is 45.0 Å². The summed E-state index contributed by atoms with van der Waals surface area (Å²) in [6.07, 6.45) is 2.33. The molecule has 0 amide bonds. The maximum absolute atomic E-state index is 9.26. The van der Waals surface area contributed by atoms with Crippen molar-refractivity contribution in [1.82, 2.24) is 5.32 Å². The van der Waals surface area contributed by atoms with Crippen LogP contribution in [0.2, 0.25) is 0 Å². The predicted octanol–water partition coefficient (Wildman–Crippen LogP) is 2.72. The third kappa shape index (κ3) is 3.48. The molecule has 1 fully saturated rings. The van der Waals surface area contributed by atoms with E-state index in [0.29, 0.717) is 12.6 Å². The van der Waals surface area contributed by atoms with Crippen molar-refractivity contribution in [3.05, 3.63) is 29.3 Å². The zero-order chi connectivity index (χ0) is 13.2. The Kier molecular flexibility index (Phi) is 3.58. The van der Waals surface area contributed by atoms with Gasteiger partial charge in [-0.3, -0.25) is 5.32 Å². The van der Waals surface area contributed by atoms with Gasteiger partial charge in [0, 0.05) is 6.04 Å². The Hall–Kier alpha value is -1.53. The minimum atomic E-state index is -0.598. The summed E-state index contributed by atoms with van der Waals surface area (Å²) in [4.78, 5) is 0. The third-order valence-electron chi connectivity index (χ3n) is 3.07. The lowest BCUT2D eigenvalue weighted by molar-refractivity contribution is 0.232. The number of aryl methyl sites for hydroxylation is 2. The fraction of sp³-hybridized carbons (Fsp3) is 0.533. The van der Waals surface area contributed by atoms with Crippen LogP contribution in [-0.2, 0) is 0 Å². The maximum Gasteiger partial charge on any atom is 0.138 e. The number of rotatable bonds is 5. The van der Waals surface area contributed by atoms with Gasteiger partial charge in [-0.15, -0.1) is 0 Å². The minimum absolute atomic E-state index is 0.378. The predicted molar refractivity (Wildman–Crippen MR) is 71.6 cm³/mol. The van der Waals surface area contributed by atoms with Gasteiger partial charge in [0.15, 0.2) is 0 Å². The lowest BCUT2D eigenvalue weighted by atomic mass is 10.1. The van der Waals surface area contributed by atoms with Gasteiger partial charge in [-0.2, -0.15) is 5.26 Å². The molecule has 1 atom stereocenters. The van der Waals surface area contributed by atoms with E-state index in [1.165, 1.54) is 24.0 Å². The van der Waals surface area contributed by atoms with Crippen LogP contribution >= 0.6 is 0 Å². The van der Waals surface area contributed by atoms with E-state index in [1.807, 2.05) is 32.9 Å². The van der Waals surface area contributed by atoms with Gasteiger partial charge in [0.05, 0.1) is 6.07 Å². The fourth-order valence-electron chi connectivity index (χ4n) is 2.03. The average molecular weight is 244 g/mol. The molecule has 2 rings (SSSR count). The number of nitrogens with one attached hydrogen (secondary N) is 1. The molecular formula is C15H20N2O. The van der Waals surface area contributed by atoms with Crippen LogP contribution < -0.4 is 10.1 Å². The smallest absolute Gasteiger partial charge is 0.138 e. The van der Waals surface area contributed by atoms with Crippen LogP contribution in [0, 0.1) is 25.2 Å². The second-order valence-electron chi connectivity index (χ2n) is 5.47. The van der Waals surface area contributed by atoms with E-state index in [0.717, 1.165) is 5.75 Å². The second kappa shape index (κ2) is 4.99. The molecule has 0 radical (unpaired) electrons. The molecule has 1 aromatic carbocycles. The van der Waals surface area contributed by atoms with Gasteiger partial charge in [0.2, 0.25) is 0 Å². The van der Waals surface area contributed by atoms with E-state index in [2.05, 4.69) is 17.5 Å². The quantitative estimate of drug-likeness (QED) is 0.866. The third-order valence-corrected chi connectivity index (χ3v) is 3.07. The first-order chi connectivity index (χ1) is 8.50. The first-order valence-corrected chi connectivity index (χ1v) is 6.41. The van der Waals surface area contributed by atoms with Crippen molar-refractivity contribution >= 4 is 0 Å². The summed E-state index contributed by atoms with van der Waals surface area (Å²) in [6, 6.07) is 8.92. The number of benzene rings is 1. The molecule has 1 saturated carbocycles. The lowest BCUT2D eigenvalue weighted by Crippen LogP contribution is -2.47. The molecule has 0 aliphatic heterocycles. The molecule has 0 aromatic heterocycles. The molecular weight excluding hydrogens is 224 g/mol. The SMILES string of the molecule is Cc1cc(C)cc(OCC(C)(C#N)NC2CC2)c1. The highest BCUT2D eigenvalue weighted by Gasteiger charge is 2.33. The molecule has 3 heteroatoms. The molecule has 96 valence electrons. The average Bonchev–Trinajstić information content (AvgIpc) is 3.09. The Labute approximate surface area is 109 Å². The Morgan fingerprint density at radius 3 is 2.44 bits per heavy atom. The molecule has 1 N–H and O–H groups in total. The number of hydrogen-bond acceptors (Lipinski definition) is 3. The summed E-state index contributed by atoms with van der Waals surface area (Å²) in [7, 11) is 0. The van der Waals surface area contributed by atoms with Gasteiger partial charge in [-0.25, -0.2) is 0 Å². The van der Waals surface area contributed by atoms with E-state index in [1.54, 1.807) is 0 Å². The van der Waals surface area contributed by atoms with Crippen molar-refractivity contribution in [2.24, 2.45) is 0 Å². The standard InChI is InChI=1S/C15H20N2O/c1-11-6-12(2)8-14(7-11)18-10-15(3,9-16)17-13-4-5-13/h6-8,13,17H,4-5,10H2,1-3H3. The summed E-state index contributed by atoms with van der Waals surface area (Å²) in [6.45, 7) is 6.37. The summed E-state index contributed by atoms with van der Waals surface area (Å²) in [5.41, 5.74) is 1.76. The van der Waals surface area contributed by atoms with Gasteiger partial charge < -0.3 is 4.74 Å². The van der Waals surface area contributed by atoms with E-state index in [9.17, 15) is 5.26 Å². The van der Waals surface area contributed by atoms with Crippen LogP contribution in [0.4, 0.5) is 0 Å². The van der Waals surface area contributed by atoms with Gasteiger partial charge in [0.25, 0.3) is 0 Å². The zero-order valence-corrected chi connectivity index (χ0v) is 11.3. The minimum Gasteiger partial charge on any atom is -0.491 e. The normalized spacial score (nSPS) is 17.9. The summed E-state index contributed by atoms with van der Waals surface area (Å²) in [5, 5.41) is 12.6. The van der Waals surface area contributed by atoms with Crippen LogP contribution in [0.1, 0.15) is 30.9 Å². The second-order valence-corrected chi connectivity index (χ2v) is 5.47. The van der Waals surface area contributed by atoms with Crippen LogP contribution in [-0.4, -0.2) is 18.2 Å². The van der Waals surface area contributed by atoms with Gasteiger partial charge in [-0.1, -0.05) is 6.07 Å². The largest absolute Gasteiger partial charge is 0.491 e. The van der Waals surface area contributed by atoms with Crippen LogP contribution in [0.5, 0.6) is 5.75 Å². The molecule has 0 bridgehead atoms. The lowest BCUT2D eigenvalue weighted by Gasteiger charge is -2.23. The van der Waals surface area contributed by atoms with Gasteiger partial charge in [0.1, 0.15) is 17.9 Å². The molecule has 1 aromatic rings. The zero-order valence-electron chi connectivity index (χ0n) is 11.3. The molecule has 1 unspecified atom stereocenters. The first kappa shape index (κ1) is 12.9. The summed E-state index contributed by atoms with van der Waals surface area (Å²) >= 11 is 0. The Balaban J connectivity index is 1.98. The van der Waals surface area contributed by atoms with Crippen molar-refractivity contribution in [2.75, 3.05) is 6.61 Å². The van der Waals surface area contributed by atoms with Crippen molar-refractivity contribution in [3.63, 3.8) is 0 Å². The Morgan fingerprint density at radius 1 is 1.33 bits per heavy atom. The van der Waals surface area contributed by atoms with Gasteiger partial charge >= 0.3 is 0 Å². The summed E-state index contributed by atoms with van der Waals surface area (Å²) in [5.74, 6) is 0.839. The van der Waals surface area contributed by atoms with Crippen LogP contribution in [0.25, 0.3) is 0 Å². The van der Waals surface area contributed by atoms with Crippen molar-refractivity contribution in [3.8, 4) is 11.8 Å². The van der Waals surface area contributed by atoms with E-state index in [-0.39, 0.29) is 0 Å². The first-order valence-electron chi connectivity index (χ1n) is 6.41. The number of hydrogen-bond donors (Lipinski definition) is 1. The van der Waals surface area contributed by atoms with Crippen LogP contribution in [0.3, 0.4) is 0 Å². The molecule has 0 heterocycles. The molecule has 0 spiro atoms. The highest BCUT2D eigenvalue weighted by atomic mass is 16.5. The highest BCUT2D eigenvalue weighted by Crippen LogP contribution is 2.23. The van der Waals surface area contributed by atoms with Crippen LogP contribution in [0.15, 0.2) is 18.2 Å². The monoisotopic (exact) mass is 244 g/mol. The molecule has 1 aliphatic rings. The number of nitrogens with zero attached hydrogens (tertiary/aromatic N) is 1.